The van der Waals surface area contributed by atoms with Crippen molar-refractivity contribution < 1.29 is 66.1 Å². The van der Waals surface area contributed by atoms with E-state index in [0.717, 1.165) is 27.7 Å². The summed E-state index contributed by atoms with van der Waals surface area (Å²) >= 11 is 0. The van der Waals surface area contributed by atoms with Gasteiger partial charge in [0.05, 0.1) is 28.8 Å². The third-order valence-electron chi connectivity index (χ3n) is 5.42. The minimum atomic E-state index is -2.41. The van der Waals surface area contributed by atoms with Gasteiger partial charge in [0.1, 0.15) is 12.7 Å². The predicted octanol–water partition coefficient (Wildman–Crippen LogP) is 0.339. The fourth-order valence-electron chi connectivity index (χ4n) is 3.89. The summed E-state index contributed by atoms with van der Waals surface area (Å²) in [6.07, 6.45) is -6.04. The number of hydrogen-bond acceptors (Lipinski definition) is 14. The van der Waals surface area contributed by atoms with E-state index in [-0.39, 0.29) is 13.2 Å². The lowest BCUT2D eigenvalue weighted by atomic mass is 9.95. The van der Waals surface area contributed by atoms with E-state index in [2.05, 4.69) is 0 Å². The maximum Gasteiger partial charge on any atom is 0.321 e. The molecule has 0 spiro atoms. The highest BCUT2D eigenvalue weighted by atomic mass is 32.2. The Hall–Kier alpha value is -3.07. The van der Waals surface area contributed by atoms with Crippen LogP contribution in [0.4, 0.5) is 0 Å². The van der Waals surface area contributed by atoms with Crippen molar-refractivity contribution in [3.8, 4) is 0 Å². The van der Waals surface area contributed by atoms with E-state index in [1.807, 2.05) is 0 Å². The van der Waals surface area contributed by atoms with Crippen LogP contribution in [0.1, 0.15) is 55.4 Å². The van der Waals surface area contributed by atoms with Crippen molar-refractivity contribution in [2.24, 2.45) is 5.92 Å². The van der Waals surface area contributed by atoms with Crippen molar-refractivity contribution >= 4 is 46.6 Å². The van der Waals surface area contributed by atoms with Crippen LogP contribution in [0.5, 0.6) is 0 Å². The van der Waals surface area contributed by atoms with Crippen LogP contribution in [-0.4, -0.2) is 94.4 Å². The molecule has 39 heavy (non-hydrogen) atoms. The standard InChI is InChI=1S/C24H36O14S/c1-9-32-21(29)17(22(30)33-10-2)24(7,8)39(31)23-20(37-15(6)28)19(36-14(5)27)18(35-13(4)26)16(38-23)11-34-12(3)25/h16-20,23H,9-11H2,1-8H3/t16-,18-,19+,20-,23+,39?/m1/s1. The van der Waals surface area contributed by atoms with Gasteiger partial charge in [-0.2, -0.15) is 0 Å². The molecule has 15 heteroatoms. The van der Waals surface area contributed by atoms with E-state index < -0.39 is 93.7 Å². The van der Waals surface area contributed by atoms with Gasteiger partial charge in [0, 0.05) is 27.7 Å². The van der Waals surface area contributed by atoms with Crippen LogP contribution < -0.4 is 0 Å². The number of rotatable bonds is 12. The quantitative estimate of drug-likeness (QED) is 0.175. The second-order valence-electron chi connectivity index (χ2n) is 8.91. The summed E-state index contributed by atoms with van der Waals surface area (Å²) in [5.41, 5.74) is -1.67. The van der Waals surface area contributed by atoms with Crippen LogP contribution in [0.25, 0.3) is 0 Å². The zero-order valence-corrected chi connectivity index (χ0v) is 24.0. The van der Waals surface area contributed by atoms with Crippen LogP contribution in [0.2, 0.25) is 0 Å². The highest BCUT2D eigenvalue weighted by molar-refractivity contribution is 7.87. The number of ether oxygens (including phenoxy) is 7. The first kappa shape index (κ1) is 34.0. The second-order valence-corrected chi connectivity index (χ2v) is 11.0. The molecule has 14 nitrogen and oxygen atoms in total. The van der Waals surface area contributed by atoms with E-state index >= 15 is 0 Å². The number of esters is 6. The third kappa shape index (κ3) is 9.27. The average molecular weight is 581 g/mol. The van der Waals surface area contributed by atoms with E-state index in [9.17, 15) is 33.0 Å². The van der Waals surface area contributed by atoms with Gasteiger partial charge in [-0.05, 0) is 27.7 Å². The normalized spacial score (nSPS) is 23.7. The molecule has 1 aliphatic heterocycles. The lowest BCUT2D eigenvalue weighted by Gasteiger charge is -2.46. The molecule has 0 bridgehead atoms. The van der Waals surface area contributed by atoms with Gasteiger partial charge < -0.3 is 33.2 Å². The van der Waals surface area contributed by atoms with Crippen molar-refractivity contribution in [2.75, 3.05) is 19.8 Å². The van der Waals surface area contributed by atoms with Crippen molar-refractivity contribution in [3.63, 3.8) is 0 Å². The van der Waals surface area contributed by atoms with Gasteiger partial charge in [0.2, 0.25) is 0 Å². The molecule has 1 rings (SSSR count). The first-order valence-electron chi connectivity index (χ1n) is 12.1. The first-order chi connectivity index (χ1) is 18.1. The lowest BCUT2D eigenvalue weighted by molar-refractivity contribution is -0.238. The zero-order valence-electron chi connectivity index (χ0n) is 23.2. The molecular formula is C24H36O14S. The molecular weight excluding hydrogens is 544 g/mol. The summed E-state index contributed by atoms with van der Waals surface area (Å²) in [4.78, 5) is 73.1. The van der Waals surface area contributed by atoms with Crippen LogP contribution in [0.3, 0.4) is 0 Å². The number of carbonyl (C=O) groups excluding carboxylic acids is 6. The molecule has 1 aliphatic rings. The molecule has 0 amide bonds. The molecule has 6 atom stereocenters. The highest BCUT2D eigenvalue weighted by Gasteiger charge is 2.58. The molecule has 0 aromatic carbocycles. The Bertz CT molecular complexity index is 942. The predicted molar refractivity (Wildman–Crippen MR) is 131 cm³/mol. The lowest BCUT2D eigenvalue weighted by Crippen LogP contribution is -2.65. The van der Waals surface area contributed by atoms with Crippen LogP contribution in [-0.2, 0) is 72.7 Å². The van der Waals surface area contributed by atoms with Crippen molar-refractivity contribution in [2.45, 2.75) is 90.0 Å². The van der Waals surface area contributed by atoms with Gasteiger partial charge in [-0.3, -0.25) is 33.0 Å². The monoisotopic (exact) mass is 580 g/mol. The Kier molecular flexibility index (Phi) is 13.0. The molecule has 0 aliphatic carbocycles. The Morgan fingerprint density at radius 1 is 0.718 bits per heavy atom. The third-order valence-corrected chi connectivity index (χ3v) is 7.49. The largest absolute Gasteiger partial charge is 0.465 e. The summed E-state index contributed by atoms with van der Waals surface area (Å²) in [5, 5.41) is 0. The summed E-state index contributed by atoms with van der Waals surface area (Å²) < 4.78 is 49.3. The Labute approximate surface area is 228 Å². The van der Waals surface area contributed by atoms with E-state index in [1.54, 1.807) is 0 Å². The summed E-state index contributed by atoms with van der Waals surface area (Å²) in [5.74, 6) is -7.06. The zero-order chi connectivity index (χ0) is 30.1. The fourth-order valence-corrected chi connectivity index (χ4v) is 5.61. The molecule has 0 N–H and O–H groups in total. The van der Waals surface area contributed by atoms with Gasteiger partial charge in [0.15, 0.2) is 29.7 Å². The van der Waals surface area contributed by atoms with Crippen LogP contribution >= 0.6 is 0 Å². The average Bonchev–Trinajstić information content (AvgIpc) is 2.79. The molecule has 222 valence electrons. The maximum atomic E-state index is 14.1. The molecule has 0 aromatic heterocycles. The Morgan fingerprint density at radius 3 is 1.56 bits per heavy atom. The molecule has 1 fully saturated rings. The van der Waals surface area contributed by atoms with Crippen LogP contribution in [0.15, 0.2) is 0 Å². The summed E-state index contributed by atoms with van der Waals surface area (Å²) in [7, 11) is -2.41. The first-order valence-corrected chi connectivity index (χ1v) is 13.3. The van der Waals surface area contributed by atoms with Crippen molar-refractivity contribution in [1.29, 1.82) is 0 Å². The molecule has 1 unspecified atom stereocenters. The van der Waals surface area contributed by atoms with Gasteiger partial charge in [0.25, 0.3) is 0 Å². The van der Waals surface area contributed by atoms with E-state index in [1.165, 1.54) is 27.7 Å². The Morgan fingerprint density at radius 2 is 1.15 bits per heavy atom. The molecule has 0 saturated carbocycles. The van der Waals surface area contributed by atoms with Gasteiger partial charge in [-0.25, -0.2) is 0 Å². The van der Waals surface area contributed by atoms with Gasteiger partial charge in [-0.15, -0.1) is 0 Å². The molecule has 1 heterocycles. The van der Waals surface area contributed by atoms with E-state index in [4.69, 9.17) is 33.2 Å². The van der Waals surface area contributed by atoms with Crippen molar-refractivity contribution in [1.82, 2.24) is 0 Å². The minimum Gasteiger partial charge on any atom is -0.465 e. The van der Waals surface area contributed by atoms with Gasteiger partial charge >= 0.3 is 35.8 Å². The topological polar surface area (TPSA) is 184 Å². The second kappa shape index (κ2) is 14.9. The summed E-state index contributed by atoms with van der Waals surface area (Å²) in [6, 6.07) is 0. The summed E-state index contributed by atoms with van der Waals surface area (Å²) in [6.45, 7) is 9.19. The highest BCUT2D eigenvalue weighted by Crippen LogP contribution is 2.37. The van der Waals surface area contributed by atoms with Crippen molar-refractivity contribution in [3.05, 3.63) is 0 Å². The molecule has 0 radical (unpaired) electrons. The Balaban J connectivity index is 3.72. The SMILES string of the molecule is CCOC(=O)C(C(=O)OCC)C(C)(C)S(=O)[C@@H]1O[C@H](COC(C)=O)[C@@H](OC(C)=O)[C@H](OC(C)=O)[C@H]1OC(C)=O. The van der Waals surface area contributed by atoms with E-state index in [0.29, 0.717) is 0 Å². The fraction of sp³-hybridized carbons (Fsp3) is 0.750. The number of carbonyl (C=O) groups is 6. The van der Waals surface area contributed by atoms with Crippen LogP contribution in [0, 0.1) is 5.92 Å². The smallest absolute Gasteiger partial charge is 0.321 e. The molecule has 1 saturated heterocycles. The minimum absolute atomic E-state index is 0.0868. The maximum absolute atomic E-state index is 14.1. The molecule has 0 aromatic rings. The van der Waals surface area contributed by atoms with Gasteiger partial charge in [-0.1, -0.05) is 0 Å². The number of hydrogen-bond donors (Lipinski definition) is 0.